The first-order valence-corrected chi connectivity index (χ1v) is 12.5. The van der Waals surface area contributed by atoms with Gasteiger partial charge in [-0.2, -0.15) is 0 Å². The molecule has 1 fully saturated rings. The van der Waals surface area contributed by atoms with Gasteiger partial charge in [0.15, 0.2) is 0 Å². The van der Waals surface area contributed by atoms with E-state index in [1.165, 1.54) is 5.56 Å². The van der Waals surface area contributed by atoms with Crippen molar-refractivity contribution in [3.05, 3.63) is 82.4 Å². The second kappa shape index (κ2) is 12.0. The zero-order chi connectivity index (χ0) is 26.4. The van der Waals surface area contributed by atoms with Crippen molar-refractivity contribution in [1.82, 2.24) is 4.90 Å². The van der Waals surface area contributed by atoms with Gasteiger partial charge in [0.1, 0.15) is 22.8 Å². The van der Waals surface area contributed by atoms with Gasteiger partial charge in [-0.1, -0.05) is 35.9 Å². The molecule has 4 rings (SSSR count). The molecule has 8 heteroatoms. The van der Waals surface area contributed by atoms with Crippen LogP contribution in [0.3, 0.4) is 0 Å². The number of nitrogens with zero attached hydrogens (tertiary/aromatic N) is 1. The quantitative estimate of drug-likeness (QED) is 0.418. The molecule has 0 atom stereocenters. The van der Waals surface area contributed by atoms with Gasteiger partial charge in [-0.3, -0.25) is 9.59 Å². The van der Waals surface area contributed by atoms with Crippen LogP contribution in [-0.4, -0.2) is 51.1 Å². The summed E-state index contributed by atoms with van der Waals surface area (Å²) >= 11 is 6.01. The molecule has 0 radical (unpaired) electrons. The molecule has 0 spiro atoms. The molecule has 0 aromatic heterocycles. The van der Waals surface area contributed by atoms with E-state index in [-0.39, 0.29) is 18.2 Å². The third kappa shape index (κ3) is 6.17. The van der Waals surface area contributed by atoms with Gasteiger partial charge < -0.3 is 24.4 Å². The zero-order valence-corrected chi connectivity index (χ0v) is 22.0. The molecule has 0 saturated carbocycles. The van der Waals surface area contributed by atoms with Crippen LogP contribution in [0.4, 0.5) is 5.69 Å². The van der Waals surface area contributed by atoms with Crippen molar-refractivity contribution in [3.63, 3.8) is 0 Å². The summed E-state index contributed by atoms with van der Waals surface area (Å²) in [6.07, 6.45) is 1.89. The first kappa shape index (κ1) is 26.4. The molecule has 37 heavy (non-hydrogen) atoms. The molecule has 2 amide bonds. The van der Waals surface area contributed by atoms with Crippen molar-refractivity contribution in [3.8, 4) is 17.2 Å². The number of ether oxygens (including phenoxy) is 3. The molecule has 194 valence electrons. The van der Waals surface area contributed by atoms with Crippen molar-refractivity contribution in [2.45, 2.75) is 25.2 Å². The maximum atomic E-state index is 13.2. The van der Waals surface area contributed by atoms with E-state index in [0.29, 0.717) is 46.8 Å². The third-order valence-corrected chi connectivity index (χ3v) is 6.92. The number of hydrogen-bond donors (Lipinski definition) is 1. The van der Waals surface area contributed by atoms with Crippen LogP contribution in [0, 0.1) is 0 Å². The summed E-state index contributed by atoms with van der Waals surface area (Å²) in [4.78, 5) is 27.7. The maximum absolute atomic E-state index is 13.2. The van der Waals surface area contributed by atoms with Crippen LogP contribution in [0.15, 0.2) is 60.7 Å². The van der Waals surface area contributed by atoms with Gasteiger partial charge >= 0.3 is 0 Å². The van der Waals surface area contributed by atoms with E-state index in [1.807, 2.05) is 29.2 Å². The Kier molecular flexibility index (Phi) is 8.56. The fourth-order valence-electron chi connectivity index (χ4n) is 4.72. The minimum Gasteiger partial charge on any atom is -0.496 e. The van der Waals surface area contributed by atoms with Crippen molar-refractivity contribution in [2.75, 3.05) is 39.7 Å². The molecule has 7 nitrogen and oxygen atoms in total. The van der Waals surface area contributed by atoms with Gasteiger partial charge in [-0.25, -0.2) is 0 Å². The molecule has 3 aromatic carbocycles. The van der Waals surface area contributed by atoms with Gasteiger partial charge in [0.05, 0.1) is 27.8 Å². The first-order chi connectivity index (χ1) is 17.9. The van der Waals surface area contributed by atoms with Crippen molar-refractivity contribution >= 4 is 29.1 Å². The number of halogens is 1. The number of likely N-dealkylation sites (tertiary alicyclic amines) is 1. The van der Waals surface area contributed by atoms with E-state index in [9.17, 15) is 9.59 Å². The normalized spacial score (nSPS) is 13.7. The summed E-state index contributed by atoms with van der Waals surface area (Å²) in [5, 5.41) is 3.51. The molecule has 0 aliphatic carbocycles. The highest BCUT2D eigenvalue weighted by molar-refractivity contribution is 6.30. The summed E-state index contributed by atoms with van der Waals surface area (Å²) in [6.45, 7) is 1.29. The molecule has 1 heterocycles. The zero-order valence-electron chi connectivity index (χ0n) is 21.3. The molecular formula is C29H31ClN2O5. The largest absolute Gasteiger partial charge is 0.496 e. The van der Waals surface area contributed by atoms with E-state index in [1.54, 1.807) is 57.7 Å². The Bertz CT molecular complexity index is 1230. The van der Waals surface area contributed by atoms with E-state index in [4.69, 9.17) is 25.8 Å². The summed E-state index contributed by atoms with van der Waals surface area (Å²) in [7, 11) is 4.67. The van der Waals surface area contributed by atoms with Gasteiger partial charge in [-0.05, 0) is 60.7 Å². The molecule has 1 N–H and O–H groups in total. The predicted molar refractivity (Wildman–Crippen MR) is 144 cm³/mol. The lowest BCUT2D eigenvalue weighted by Gasteiger charge is -2.33. The smallest absolute Gasteiger partial charge is 0.261 e. The number of methoxy groups -OCH3 is 3. The topological polar surface area (TPSA) is 77.1 Å². The fourth-order valence-corrected chi connectivity index (χ4v) is 4.88. The predicted octanol–water partition coefficient (Wildman–Crippen LogP) is 5.57. The molecule has 0 unspecified atom stereocenters. The number of hydrogen-bond acceptors (Lipinski definition) is 5. The minimum absolute atomic E-state index is 0.0804. The molecule has 0 bridgehead atoms. The molecule has 1 saturated heterocycles. The molecule has 1 aliphatic heterocycles. The number of amides is 2. The van der Waals surface area contributed by atoms with Crippen LogP contribution >= 0.6 is 11.6 Å². The number of rotatable bonds is 8. The van der Waals surface area contributed by atoms with Crippen molar-refractivity contribution < 1.29 is 23.8 Å². The lowest BCUT2D eigenvalue weighted by Crippen LogP contribution is -2.38. The highest BCUT2D eigenvalue weighted by atomic mass is 35.5. The van der Waals surface area contributed by atoms with E-state index < -0.39 is 0 Å². The Labute approximate surface area is 222 Å². The van der Waals surface area contributed by atoms with E-state index >= 15 is 0 Å². The Hall–Kier alpha value is -3.71. The fraction of sp³-hybridized carbons (Fsp3) is 0.310. The highest BCUT2D eigenvalue weighted by Gasteiger charge is 2.28. The van der Waals surface area contributed by atoms with Gasteiger partial charge in [0, 0.05) is 29.4 Å². The number of nitrogens with one attached hydrogen (secondary N) is 1. The number of benzene rings is 3. The summed E-state index contributed by atoms with van der Waals surface area (Å²) in [5.41, 5.74) is 3.16. The summed E-state index contributed by atoms with van der Waals surface area (Å²) in [6, 6.07) is 18.5. The lowest BCUT2D eigenvalue weighted by atomic mass is 9.89. The standard InChI is InChI=1S/C29H31ClN2O5/c1-35-24-5-4-6-25(36-2)28(24)29(34)32-15-13-20(14-16-32)19-8-11-23(12-9-19)31-27(33)17-21-7-10-22(30)18-26(21)37-3/h4-12,18,20H,13-17H2,1-3H3,(H,31,33). The Balaban J connectivity index is 1.34. The number of anilines is 1. The lowest BCUT2D eigenvalue weighted by molar-refractivity contribution is -0.115. The highest BCUT2D eigenvalue weighted by Crippen LogP contribution is 2.33. The molecular weight excluding hydrogens is 492 g/mol. The van der Waals surface area contributed by atoms with Gasteiger partial charge in [0.2, 0.25) is 5.91 Å². The van der Waals surface area contributed by atoms with Crippen LogP contribution in [-0.2, 0) is 11.2 Å². The van der Waals surface area contributed by atoms with E-state index in [2.05, 4.69) is 5.32 Å². The van der Waals surface area contributed by atoms with Crippen LogP contribution in [0.25, 0.3) is 0 Å². The molecule has 1 aliphatic rings. The van der Waals surface area contributed by atoms with E-state index in [0.717, 1.165) is 24.1 Å². The average Bonchev–Trinajstić information content (AvgIpc) is 2.93. The van der Waals surface area contributed by atoms with Crippen LogP contribution < -0.4 is 19.5 Å². The monoisotopic (exact) mass is 522 g/mol. The second-order valence-electron chi connectivity index (χ2n) is 8.91. The summed E-state index contributed by atoms with van der Waals surface area (Å²) < 4.78 is 16.1. The van der Waals surface area contributed by atoms with Crippen molar-refractivity contribution in [2.24, 2.45) is 0 Å². The Morgan fingerprint density at radius 3 is 2.11 bits per heavy atom. The van der Waals surface area contributed by atoms with Gasteiger partial charge in [0.25, 0.3) is 5.91 Å². The molecule has 3 aromatic rings. The summed E-state index contributed by atoms with van der Waals surface area (Å²) in [5.74, 6) is 1.74. The van der Waals surface area contributed by atoms with Gasteiger partial charge in [-0.15, -0.1) is 0 Å². The Morgan fingerprint density at radius 1 is 0.892 bits per heavy atom. The average molecular weight is 523 g/mol. The van der Waals surface area contributed by atoms with Crippen LogP contribution in [0.2, 0.25) is 5.02 Å². The van der Waals surface area contributed by atoms with Crippen LogP contribution in [0.5, 0.6) is 17.2 Å². The number of carbonyl (C=O) groups excluding carboxylic acids is 2. The van der Waals surface area contributed by atoms with Crippen molar-refractivity contribution in [1.29, 1.82) is 0 Å². The second-order valence-corrected chi connectivity index (χ2v) is 9.34. The third-order valence-electron chi connectivity index (χ3n) is 6.69. The maximum Gasteiger partial charge on any atom is 0.261 e. The minimum atomic E-state index is -0.132. The number of piperidine rings is 1. The SMILES string of the molecule is COc1cc(Cl)ccc1CC(=O)Nc1ccc(C2CCN(C(=O)c3c(OC)cccc3OC)CC2)cc1. The first-order valence-electron chi connectivity index (χ1n) is 12.2. The Morgan fingerprint density at radius 2 is 1.51 bits per heavy atom. The van der Waals surface area contributed by atoms with Crippen LogP contribution in [0.1, 0.15) is 40.2 Å². The number of carbonyl (C=O) groups is 2.